The van der Waals surface area contributed by atoms with Crippen LogP contribution in [0.15, 0.2) is 4.90 Å². The number of thioether (sulfide) groups is 1. The minimum atomic E-state index is -5.82. The SMILES string of the molecule is N#Cc1c(Cl)c(Cl)nc(Cl)c1SC(F)(F)C(F)(F)F. The van der Waals surface area contributed by atoms with Gasteiger partial charge in [-0.2, -0.15) is 27.2 Å². The molecule has 0 saturated heterocycles. The van der Waals surface area contributed by atoms with Crippen molar-refractivity contribution in [3.63, 3.8) is 0 Å². The fourth-order valence-electron chi connectivity index (χ4n) is 0.871. The van der Waals surface area contributed by atoms with Gasteiger partial charge in [-0.1, -0.05) is 34.8 Å². The minimum absolute atomic E-state index is 0.470. The van der Waals surface area contributed by atoms with Crippen molar-refractivity contribution in [3.05, 3.63) is 20.9 Å². The zero-order valence-corrected chi connectivity index (χ0v) is 11.4. The molecule has 1 rings (SSSR count). The second-order valence-corrected chi connectivity index (χ2v) is 5.16. The topological polar surface area (TPSA) is 36.7 Å². The first kappa shape index (κ1) is 16.6. The molecule has 11 heteroatoms. The first-order valence-electron chi connectivity index (χ1n) is 4.09. The van der Waals surface area contributed by atoms with E-state index < -0.39 is 49.0 Å². The molecule has 2 nitrogen and oxygen atoms in total. The molecule has 0 fully saturated rings. The fourth-order valence-corrected chi connectivity index (χ4v) is 2.37. The summed E-state index contributed by atoms with van der Waals surface area (Å²) in [7, 11) is 0. The zero-order chi connectivity index (χ0) is 15.0. The number of nitriles is 1. The van der Waals surface area contributed by atoms with Gasteiger partial charge in [-0.15, -0.1) is 0 Å². The van der Waals surface area contributed by atoms with Crippen LogP contribution in [0.1, 0.15) is 5.56 Å². The van der Waals surface area contributed by atoms with Crippen LogP contribution >= 0.6 is 46.6 Å². The lowest BCUT2D eigenvalue weighted by Crippen LogP contribution is -2.32. The minimum Gasteiger partial charge on any atom is -0.222 e. The van der Waals surface area contributed by atoms with Crippen LogP contribution in [0.25, 0.3) is 0 Å². The van der Waals surface area contributed by atoms with Crippen LogP contribution in [-0.2, 0) is 0 Å². The highest BCUT2D eigenvalue weighted by molar-refractivity contribution is 8.00. The molecule has 1 heterocycles. The summed E-state index contributed by atoms with van der Waals surface area (Å²) in [4.78, 5) is 2.39. The van der Waals surface area contributed by atoms with Gasteiger partial charge in [0, 0.05) is 0 Å². The van der Waals surface area contributed by atoms with Crippen molar-refractivity contribution in [3.8, 4) is 6.07 Å². The van der Waals surface area contributed by atoms with Crippen LogP contribution in [0.2, 0.25) is 15.3 Å². The van der Waals surface area contributed by atoms with Gasteiger partial charge in [-0.25, -0.2) is 4.98 Å². The van der Waals surface area contributed by atoms with Gasteiger partial charge in [0.25, 0.3) is 0 Å². The lowest BCUT2D eigenvalue weighted by molar-refractivity contribution is -0.237. The summed E-state index contributed by atoms with van der Waals surface area (Å²) in [5.74, 6) is 0. The van der Waals surface area contributed by atoms with Gasteiger partial charge < -0.3 is 0 Å². The van der Waals surface area contributed by atoms with Crippen LogP contribution in [0.5, 0.6) is 0 Å². The maximum absolute atomic E-state index is 12.9. The molecule has 0 radical (unpaired) electrons. The van der Waals surface area contributed by atoms with E-state index in [-0.39, 0.29) is 0 Å². The second-order valence-electron chi connectivity index (χ2n) is 2.94. The van der Waals surface area contributed by atoms with Gasteiger partial charge in [0.05, 0.1) is 15.5 Å². The van der Waals surface area contributed by atoms with E-state index in [4.69, 9.17) is 40.1 Å². The van der Waals surface area contributed by atoms with E-state index in [2.05, 4.69) is 4.98 Å². The van der Waals surface area contributed by atoms with Gasteiger partial charge in [-0.3, -0.25) is 0 Å². The molecular weight excluding hydrogens is 358 g/mol. The van der Waals surface area contributed by atoms with E-state index in [1.54, 1.807) is 0 Å². The third kappa shape index (κ3) is 3.34. The molecule has 19 heavy (non-hydrogen) atoms. The molecule has 1 aromatic rings. The maximum atomic E-state index is 12.9. The van der Waals surface area contributed by atoms with Crippen LogP contribution in [0, 0.1) is 11.3 Å². The quantitative estimate of drug-likeness (QED) is 0.417. The molecule has 0 unspecified atom stereocenters. The van der Waals surface area contributed by atoms with Crippen LogP contribution < -0.4 is 0 Å². The standard InChI is InChI=1S/C8Cl3F5N2S/c9-3-2(1-17)4(6(11)18-5(3)10)19-8(15,16)7(12,13)14. The Morgan fingerprint density at radius 2 is 1.58 bits per heavy atom. The van der Waals surface area contributed by atoms with E-state index in [9.17, 15) is 22.0 Å². The van der Waals surface area contributed by atoms with Crippen LogP contribution in [0.3, 0.4) is 0 Å². The predicted octanol–water partition coefficient (Wildman–Crippen LogP) is 5.16. The summed E-state index contributed by atoms with van der Waals surface area (Å²) in [6.45, 7) is 0. The Bertz CT molecular complexity index is 555. The lowest BCUT2D eigenvalue weighted by atomic mass is 10.3. The molecule has 104 valence electrons. The Hall–Kier alpha value is -0.490. The third-order valence-corrected chi connectivity index (χ3v) is 3.90. The van der Waals surface area contributed by atoms with Crippen molar-refractivity contribution >= 4 is 46.6 Å². The van der Waals surface area contributed by atoms with E-state index in [0.717, 1.165) is 0 Å². The third-order valence-electron chi connectivity index (χ3n) is 1.68. The van der Waals surface area contributed by atoms with E-state index in [0.29, 0.717) is 0 Å². The molecule has 0 aliphatic heterocycles. The molecule has 0 amide bonds. The molecule has 0 atom stereocenters. The number of pyridine rings is 1. The first-order valence-corrected chi connectivity index (χ1v) is 6.04. The Labute approximate surface area is 122 Å². The monoisotopic (exact) mass is 356 g/mol. The molecule has 0 saturated carbocycles. The van der Waals surface area contributed by atoms with Gasteiger partial charge in [0.15, 0.2) is 5.15 Å². The van der Waals surface area contributed by atoms with Crippen molar-refractivity contribution in [1.29, 1.82) is 5.26 Å². The molecule has 0 aliphatic carbocycles. The Morgan fingerprint density at radius 1 is 1.05 bits per heavy atom. The predicted molar refractivity (Wildman–Crippen MR) is 60.8 cm³/mol. The number of rotatable bonds is 2. The highest BCUT2D eigenvalue weighted by Crippen LogP contribution is 2.50. The maximum Gasteiger partial charge on any atom is 0.464 e. The molecule has 0 bridgehead atoms. The lowest BCUT2D eigenvalue weighted by Gasteiger charge is -2.19. The average Bonchev–Trinajstić information content (AvgIpc) is 2.24. The normalized spacial score (nSPS) is 12.4. The smallest absolute Gasteiger partial charge is 0.222 e. The first-order chi connectivity index (χ1) is 8.51. The van der Waals surface area contributed by atoms with E-state index in [1.165, 1.54) is 6.07 Å². The molecule has 0 spiro atoms. The number of hydrogen-bond donors (Lipinski definition) is 0. The number of halogens is 8. The average molecular weight is 358 g/mol. The number of aromatic nitrogens is 1. The van der Waals surface area contributed by atoms with Crippen molar-refractivity contribution in [1.82, 2.24) is 4.98 Å². The fraction of sp³-hybridized carbons (Fsp3) is 0.250. The summed E-state index contributed by atoms with van der Waals surface area (Å²) in [6, 6.07) is 1.36. The highest BCUT2D eigenvalue weighted by atomic mass is 35.5. The highest BCUT2D eigenvalue weighted by Gasteiger charge is 2.59. The van der Waals surface area contributed by atoms with E-state index >= 15 is 0 Å². The largest absolute Gasteiger partial charge is 0.464 e. The number of alkyl halides is 5. The Morgan fingerprint density at radius 3 is 2.00 bits per heavy atom. The van der Waals surface area contributed by atoms with Gasteiger partial charge >= 0.3 is 11.4 Å². The summed E-state index contributed by atoms with van der Waals surface area (Å²) < 4.78 is 62.1. The van der Waals surface area contributed by atoms with Crippen LogP contribution in [0.4, 0.5) is 22.0 Å². The summed E-state index contributed by atoms with van der Waals surface area (Å²) in [5.41, 5.74) is -0.694. The van der Waals surface area contributed by atoms with Gasteiger partial charge in [0.1, 0.15) is 11.2 Å². The Balaban J connectivity index is 3.38. The van der Waals surface area contributed by atoms with E-state index in [1.807, 2.05) is 0 Å². The molecule has 0 N–H and O–H groups in total. The molecule has 0 aromatic carbocycles. The van der Waals surface area contributed by atoms with Crippen LogP contribution in [-0.4, -0.2) is 16.4 Å². The summed E-state index contributed by atoms with van der Waals surface area (Å²) in [5, 5.41) is 1.80. The molecular formula is C8Cl3F5N2S. The van der Waals surface area contributed by atoms with Gasteiger partial charge in [-0.05, 0) is 11.8 Å². The van der Waals surface area contributed by atoms with Gasteiger partial charge in [0.2, 0.25) is 0 Å². The van der Waals surface area contributed by atoms with Crippen molar-refractivity contribution in [2.24, 2.45) is 0 Å². The number of nitrogens with zero attached hydrogens (tertiary/aromatic N) is 2. The van der Waals surface area contributed by atoms with Crippen molar-refractivity contribution < 1.29 is 22.0 Å². The van der Waals surface area contributed by atoms with Crippen molar-refractivity contribution in [2.45, 2.75) is 16.3 Å². The summed E-state index contributed by atoms with van der Waals surface area (Å²) >= 11 is 15.4. The second kappa shape index (κ2) is 5.48. The number of hydrogen-bond acceptors (Lipinski definition) is 3. The summed E-state index contributed by atoms with van der Waals surface area (Å²) in [6.07, 6.45) is -5.82. The Kier molecular flexibility index (Phi) is 4.78. The molecule has 0 aliphatic rings. The zero-order valence-electron chi connectivity index (χ0n) is 8.33. The van der Waals surface area contributed by atoms with Crippen molar-refractivity contribution in [2.75, 3.05) is 0 Å². The molecule has 1 aromatic heterocycles.